The third kappa shape index (κ3) is 8.13. The minimum Gasteiger partial charge on any atom is -0.497 e. The molecule has 33 heavy (non-hydrogen) atoms. The van der Waals surface area contributed by atoms with E-state index in [1.54, 1.807) is 47.1 Å². The van der Waals surface area contributed by atoms with Crippen LogP contribution >= 0.6 is 11.8 Å². The Labute approximate surface area is 199 Å². The van der Waals surface area contributed by atoms with E-state index in [2.05, 4.69) is 5.32 Å². The third-order valence-corrected chi connectivity index (χ3v) is 5.65. The number of hydrogen-bond donors (Lipinski definition) is 1. The highest BCUT2D eigenvalue weighted by Gasteiger charge is 2.28. The summed E-state index contributed by atoms with van der Waals surface area (Å²) in [6.45, 7) is 5.52. The molecule has 0 aliphatic carbocycles. The number of methoxy groups -OCH3 is 1. The van der Waals surface area contributed by atoms with Gasteiger partial charge in [0.05, 0.1) is 17.8 Å². The first-order valence-corrected chi connectivity index (χ1v) is 11.5. The van der Waals surface area contributed by atoms with Crippen LogP contribution in [0.3, 0.4) is 0 Å². The van der Waals surface area contributed by atoms with Gasteiger partial charge in [0.2, 0.25) is 5.91 Å². The van der Waals surface area contributed by atoms with E-state index in [4.69, 9.17) is 14.2 Å². The van der Waals surface area contributed by atoms with Crippen LogP contribution in [0.5, 0.6) is 11.5 Å². The van der Waals surface area contributed by atoms with Crippen molar-refractivity contribution in [1.29, 1.82) is 0 Å². The van der Waals surface area contributed by atoms with Crippen LogP contribution in [0.4, 0.5) is 0 Å². The number of hydrogen-bond acceptors (Lipinski definition) is 7. The first-order valence-electron chi connectivity index (χ1n) is 10.6. The Morgan fingerprint density at radius 3 is 2.36 bits per heavy atom. The van der Waals surface area contributed by atoms with Crippen LogP contribution in [0.25, 0.3) is 0 Å². The minimum atomic E-state index is -0.653. The summed E-state index contributed by atoms with van der Waals surface area (Å²) < 4.78 is 17.0. The van der Waals surface area contributed by atoms with E-state index < -0.39 is 16.8 Å². The highest BCUT2D eigenvalue weighted by Crippen LogP contribution is 2.27. The molecule has 0 radical (unpaired) electrons. The van der Waals surface area contributed by atoms with Gasteiger partial charge in [-0.2, -0.15) is 0 Å². The molecule has 0 fully saturated rings. The molecule has 0 spiro atoms. The van der Waals surface area contributed by atoms with Gasteiger partial charge >= 0.3 is 5.97 Å². The molecule has 0 aliphatic rings. The van der Waals surface area contributed by atoms with E-state index >= 15 is 0 Å². The third-order valence-electron chi connectivity index (χ3n) is 4.83. The number of carbonyl (C=O) groups excluding carboxylic acids is 3. The molecule has 0 heterocycles. The van der Waals surface area contributed by atoms with Crippen molar-refractivity contribution in [3.63, 3.8) is 0 Å². The van der Waals surface area contributed by atoms with Gasteiger partial charge in [0.25, 0.3) is 0 Å². The Balaban J connectivity index is 2.11. The summed E-state index contributed by atoms with van der Waals surface area (Å²) >= 11 is 0.948. The summed E-state index contributed by atoms with van der Waals surface area (Å²) in [5, 5.41) is 2.08. The predicted octanol–water partition coefficient (Wildman–Crippen LogP) is 3.99. The van der Waals surface area contributed by atoms with Crippen LogP contribution < -0.4 is 14.8 Å². The Kier molecular flexibility index (Phi) is 9.78. The molecule has 7 nitrogen and oxygen atoms in total. The van der Waals surface area contributed by atoms with E-state index in [9.17, 15) is 14.4 Å². The largest absolute Gasteiger partial charge is 0.497 e. The lowest BCUT2D eigenvalue weighted by Crippen LogP contribution is -2.31. The molecule has 8 heteroatoms. The summed E-state index contributed by atoms with van der Waals surface area (Å²) in [7, 11) is 3.12. The van der Waals surface area contributed by atoms with Crippen LogP contribution in [-0.4, -0.2) is 43.5 Å². The van der Waals surface area contributed by atoms with Gasteiger partial charge in [-0.25, -0.2) is 0 Å². The molecule has 0 saturated carbocycles. The lowest BCUT2D eigenvalue weighted by Gasteiger charge is -2.24. The molecular weight excluding hydrogens is 442 g/mol. The molecule has 0 aromatic heterocycles. The average molecular weight is 474 g/mol. The number of benzene rings is 2. The highest BCUT2D eigenvalue weighted by molar-refractivity contribution is 8.13. The van der Waals surface area contributed by atoms with Gasteiger partial charge in [0, 0.05) is 7.05 Å². The summed E-state index contributed by atoms with van der Waals surface area (Å²) in [6.07, 6.45) is -0.202. The molecule has 2 aromatic carbocycles. The average Bonchev–Trinajstić information content (AvgIpc) is 2.81. The molecule has 178 valence electrons. The second kappa shape index (κ2) is 12.3. The summed E-state index contributed by atoms with van der Waals surface area (Å²) in [4.78, 5) is 35.3. The van der Waals surface area contributed by atoms with Crippen molar-refractivity contribution in [2.75, 3.05) is 20.8 Å². The van der Waals surface area contributed by atoms with Gasteiger partial charge < -0.3 is 19.5 Å². The van der Waals surface area contributed by atoms with E-state index in [0.717, 1.165) is 22.9 Å². The number of ether oxygens (including phenoxy) is 3. The molecule has 2 unspecified atom stereocenters. The molecule has 0 saturated heterocycles. The van der Waals surface area contributed by atoms with E-state index in [0.29, 0.717) is 23.5 Å². The maximum Gasteiger partial charge on any atom is 0.311 e. The van der Waals surface area contributed by atoms with Crippen LogP contribution in [0.15, 0.2) is 48.5 Å². The van der Waals surface area contributed by atoms with Gasteiger partial charge in [0.1, 0.15) is 18.1 Å². The fourth-order valence-electron chi connectivity index (χ4n) is 2.88. The first-order chi connectivity index (χ1) is 15.7. The second-order valence-electron chi connectivity index (χ2n) is 8.41. The Bertz CT molecular complexity index is 939. The number of esters is 1. The van der Waals surface area contributed by atoms with Gasteiger partial charge in [0.15, 0.2) is 11.7 Å². The first kappa shape index (κ1) is 26.3. The Morgan fingerprint density at radius 2 is 1.79 bits per heavy atom. The number of nitrogens with one attached hydrogen (secondary N) is 1. The van der Waals surface area contributed by atoms with Gasteiger partial charge in [-0.15, -0.1) is 0 Å². The molecule has 2 rings (SSSR count). The SMILES string of the molecule is CNC(=O)C(Cc1ccc(OCC(OC(=O)C(C)(C)C)c2cccc(OC)c2)cc1)SC=O. The zero-order chi connectivity index (χ0) is 24.4. The lowest BCUT2D eigenvalue weighted by atomic mass is 9.97. The van der Waals surface area contributed by atoms with Crippen LogP contribution in [0.1, 0.15) is 38.0 Å². The Hall–Kier alpha value is -3.00. The molecular formula is C25H31NO6S. The standard InChI is InChI=1S/C25H31NO6S/c1-25(2,3)24(29)32-21(18-7-6-8-20(14-18)30-5)15-31-19-11-9-17(10-12-19)13-22(33-16-27)23(28)26-4/h6-12,14,16,21-22H,13,15H2,1-5H3,(H,26,28). The van der Waals surface area contributed by atoms with Crippen LogP contribution in [0, 0.1) is 5.41 Å². The smallest absolute Gasteiger partial charge is 0.311 e. The zero-order valence-electron chi connectivity index (χ0n) is 19.6. The summed E-state index contributed by atoms with van der Waals surface area (Å²) in [5.74, 6) is 0.724. The molecule has 0 bridgehead atoms. The molecule has 1 N–H and O–H groups in total. The van der Waals surface area contributed by atoms with Crippen molar-refractivity contribution in [1.82, 2.24) is 5.32 Å². The van der Waals surface area contributed by atoms with Crippen molar-refractivity contribution in [3.8, 4) is 11.5 Å². The maximum atomic E-state index is 12.5. The van der Waals surface area contributed by atoms with Gasteiger partial charge in [-0.05, 0) is 62.6 Å². The molecule has 2 aromatic rings. The van der Waals surface area contributed by atoms with Crippen LogP contribution in [0.2, 0.25) is 0 Å². The lowest BCUT2D eigenvalue weighted by molar-refractivity contribution is -0.160. The quantitative estimate of drug-likeness (QED) is 0.390. The second-order valence-corrected chi connectivity index (χ2v) is 9.45. The number of amides is 1. The van der Waals surface area contributed by atoms with E-state index in [1.165, 1.54) is 0 Å². The number of carbonyl (C=O) groups is 3. The number of rotatable bonds is 11. The van der Waals surface area contributed by atoms with Gasteiger partial charge in [-0.3, -0.25) is 14.4 Å². The predicted molar refractivity (Wildman–Crippen MR) is 129 cm³/mol. The highest BCUT2D eigenvalue weighted by atomic mass is 32.2. The van der Waals surface area contributed by atoms with Crippen molar-refractivity contribution in [2.45, 2.75) is 38.5 Å². The molecule has 1 amide bonds. The van der Waals surface area contributed by atoms with Crippen molar-refractivity contribution < 1.29 is 28.6 Å². The monoisotopic (exact) mass is 473 g/mol. The maximum absolute atomic E-state index is 12.5. The van der Waals surface area contributed by atoms with Crippen molar-refractivity contribution in [3.05, 3.63) is 59.7 Å². The summed E-state index contributed by atoms with van der Waals surface area (Å²) in [6, 6.07) is 14.6. The summed E-state index contributed by atoms with van der Waals surface area (Å²) in [5.41, 5.74) is 1.69. The van der Waals surface area contributed by atoms with Crippen molar-refractivity contribution in [2.24, 2.45) is 5.41 Å². The molecule has 0 aliphatic heterocycles. The fourth-order valence-corrected chi connectivity index (χ4v) is 3.55. The van der Waals surface area contributed by atoms with E-state index in [-0.39, 0.29) is 18.5 Å². The molecule has 2 atom stereocenters. The zero-order valence-corrected chi connectivity index (χ0v) is 20.4. The van der Waals surface area contributed by atoms with Gasteiger partial charge in [-0.1, -0.05) is 36.0 Å². The van der Waals surface area contributed by atoms with Crippen molar-refractivity contribution >= 4 is 29.3 Å². The Morgan fingerprint density at radius 1 is 1.09 bits per heavy atom. The topological polar surface area (TPSA) is 90.9 Å². The minimum absolute atomic E-state index is 0.121. The normalized spacial score (nSPS) is 12.9. The van der Waals surface area contributed by atoms with Crippen LogP contribution in [-0.2, 0) is 25.5 Å². The number of thioether (sulfide) groups is 1. The van der Waals surface area contributed by atoms with E-state index in [1.807, 2.05) is 36.4 Å². The fraction of sp³-hybridized carbons (Fsp3) is 0.400.